The van der Waals surface area contributed by atoms with Gasteiger partial charge < -0.3 is 19.8 Å². The topological polar surface area (TPSA) is 78.4 Å². The average molecular weight is 536 g/mol. The fraction of sp³-hybridized carbons (Fsp3) is 0.379. The van der Waals surface area contributed by atoms with E-state index in [0.29, 0.717) is 22.4 Å². The van der Waals surface area contributed by atoms with Crippen molar-refractivity contribution in [3.63, 3.8) is 0 Å². The Morgan fingerprint density at radius 2 is 1.89 bits per heavy atom. The second kappa shape index (κ2) is 10.9. The Labute approximate surface area is 226 Å². The summed E-state index contributed by atoms with van der Waals surface area (Å²) in [6.07, 6.45) is 3.35. The van der Waals surface area contributed by atoms with Gasteiger partial charge in [-0.1, -0.05) is 23.7 Å². The Hall–Kier alpha value is -3.20. The number of rotatable bonds is 8. The first-order valence-electron chi connectivity index (χ1n) is 13.1. The predicted octanol–water partition coefficient (Wildman–Crippen LogP) is 5.55. The van der Waals surface area contributed by atoms with E-state index in [2.05, 4.69) is 21.6 Å². The van der Waals surface area contributed by atoms with Crippen molar-refractivity contribution in [2.24, 2.45) is 0 Å². The van der Waals surface area contributed by atoms with Gasteiger partial charge in [0, 0.05) is 40.6 Å². The van der Waals surface area contributed by atoms with Crippen molar-refractivity contribution >= 4 is 28.3 Å². The summed E-state index contributed by atoms with van der Waals surface area (Å²) in [5, 5.41) is 0.368. The number of halogens is 2. The van der Waals surface area contributed by atoms with E-state index in [-0.39, 0.29) is 18.5 Å². The van der Waals surface area contributed by atoms with Crippen molar-refractivity contribution in [2.45, 2.75) is 51.0 Å². The van der Waals surface area contributed by atoms with E-state index < -0.39 is 0 Å². The number of aromatic nitrogens is 3. The Kier molecular flexibility index (Phi) is 7.19. The van der Waals surface area contributed by atoms with E-state index in [4.69, 9.17) is 36.8 Å². The summed E-state index contributed by atoms with van der Waals surface area (Å²) in [4.78, 5) is 12.1. The number of fused-ring (bicyclic) bond motifs is 1. The van der Waals surface area contributed by atoms with E-state index >= 15 is 0 Å². The smallest absolute Gasteiger partial charge is 0.213 e. The van der Waals surface area contributed by atoms with Gasteiger partial charge in [-0.25, -0.2) is 14.4 Å². The first kappa shape index (κ1) is 25.1. The maximum atomic E-state index is 14.1. The van der Waals surface area contributed by atoms with Crippen molar-refractivity contribution in [1.82, 2.24) is 19.4 Å². The van der Waals surface area contributed by atoms with Crippen molar-refractivity contribution in [1.29, 1.82) is 0 Å². The van der Waals surface area contributed by atoms with Crippen LogP contribution in [0.3, 0.4) is 0 Å². The third-order valence-corrected chi connectivity index (χ3v) is 7.77. The molecule has 2 fully saturated rings. The number of ether oxygens (including phenoxy) is 2. The molecule has 2 aromatic carbocycles. The molecule has 198 valence electrons. The minimum absolute atomic E-state index is 0.108. The Morgan fingerprint density at radius 1 is 1.05 bits per heavy atom. The highest BCUT2D eigenvalue weighted by Crippen LogP contribution is 2.30. The largest absolute Gasteiger partial charge is 0.473 e. The molecular formula is C29H31ClFN5O2. The quantitative estimate of drug-likeness (QED) is 0.298. The number of nitrogen functional groups attached to an aromatic ring is 1. The number of nitrogens with two attached hydrogens (primary N) is 1. The molecule has 6 rings (SSSR count). The first-order chi connectivity index (χ1) is 18.5. The van der Waals surface area contributed by atoms with Crippen LogP contribution in [0.4, 0.5) is 10.1 Å². The molecule has 4 aromatic rings. The summed E-state index contributed by atoms with van der Waals surface area (Å²) in [7, 11) is 0. The Morgan fingerprint density at radius 3 is 2.66 bits per heavy atom. The summed E-state index contributed by atoms with van der Waals surface area (Å²) in [6, 6.07) is 16.4. The van der Waals surface area contributed by atoms with Gasteiger partial charge in [-0.05, 0) is 68.8 Å². The number of likely N-dealkylation sites (tertiary alicyclic amines) is 1. The molecule has 2 aliphatic heterocycles. The molecule has 7 nitrogen and oxygen atoms in total. The molecule has 9 heteroatoms. The second-order valence-electron chi connectivity index (χ2n) is 10.1. The molecule has 0 saturated carbocycles. The van der Waals surface area contributed by atoms with Crippen molar-refractivity contribution in [3.8, 4) is 5.88 Å². The zero-order chi connectivity index (χ0) is 26.1. The predicted molar refractivity (Wildman–Crippen MR) is 146 cm³/mol. The van der Waals surface area contributed by atoms with Crippen LogP contribution < -0.4 is 10.5 Å². The molecule has 0 spiro atoms. The molecule has 2 aromatic heterocycles. The van der Waals surface area contributed by atoms with Crippen molar-refractivity contribution < 1.29 is 13.9 Å². The van der Waals surface area contributed by atoms with Gasteiger partial charge in [0.15, 0.2) is 0 Å². The molecule has 0 aliphatic carbocycles. The Bertz CT molecular complexity index is 1430. The van der Waals surface area contributed by atoms with Crippen LogP contribution in [-0.2, 0) is 24.4 Å². The number of nitrogens with zero attached hydrogens (tertiary/aromatic N) is 4. The van der Waals surface area contributed by atoms with Gasteiger partial charge in [0.05, 0.1) is 30.2 Å². The number of pyridine rings is 1. The monoisotopic (exact) mass is 535 g/mol. The van der Waals surface area contributed by atoms with Crippen LogP contribution in [0.25, 0.3) is 11.0 Å². The molecule has 1 atom stereocenters. The molecule has 38 heavy (non-hydrogen) atoms. The molecule has 2 aliphatic rings. The standard InChI is InChI=1S/C29H31ClFN5O2/c30-21-5-4-20(24(31)14-21)18-38-29-3-1-2-25(34-29)19-8-11-35(12-9-19)17-28-33-26-15-22(32)6-7-27(26)36(28)16-23-10-13-37-23/h1-7,14-15,19,23H,8-13,16-18,32H2/t23-/m0/s1. The van der Waals surface area contributed by atoms with E-state index in [1.165, 1.54) is 6.07 Å². The van der Waals surface area contributed by atoms with Crippen LogP contribution in [0.1, 0.15) is 42.3 Å². The lowest BCUT2D eigenvalue weighted by Gasteiger charge is -2.32. The van der Waals surface area contributed by atoms with Gasteiger partial charge in [-0.15, -0.1) is 0 Å². The van der Waals surface area contributed by atoms with Crippen LogP contribution in [-0.4, -0.2) is 45.2 Å². The fourth-order valence-corrected chi connectivity index (χ4v) is 5.43. The average Bonchev–Trinajstić information content (AvgIpc) is 3.22. The van der Waals surface area contributed by atoms with Crippen LogP contribution in [0.2, 0.25) is 5.02 Å². The van der Waals surface area contributed by atoms with Crippen LogP contribution in [0, 0.1) is 5.82 Å². The van der Waals surface area contributed by atoms with Gasteiger partial charge in [0.2, 0.25) is 5.88 Å². The van der Waals surface area contributed by atoms with Crippen LogP contribution in [0.15, 0.2) is 54.6 Å². The van der Waals surface area contributed by atoms with Gasteiger partial charge in [0.25, 0.3) is 0 Å². The van der Waals surface area contributed by atoms with Gasteiger partial charge in [0.1, 0.15) is 18.2 Å². The number of imidazole rings is 1. The number of anilines is 1. The number of benzene rings is 2. The molecule has 2 N–H and O–H groups in total. The van der Waals surface area contributed by atoms with Crippen LogP contribution in [0.5, 0.6) is 5.88 Å². The van der Waals surface area contributed by atoms with E-state index in [1.54, 1.807) is 12.1 Å². The zero-order valence-electron chi connectivity index (χ0n) is 21.2. The van der Waals surface area contributed by atoms with E-state index in [1.807, 2.05) is 24.3 Å². The second-order valence-corrected chi connectivity index (χ2v) is 10.6. The highest BCUT2D eigenvalue weighted by atomic mass is 35.5. The van der Waals surface area contributed by atoms with Crippen molar-refractivity contribution in [3.05, 3.63) is 82.5 Å². The summed E-state index contributed by atoms with van der Waals surface area (Å²) < 4.78 is 27.9. The maximum absolute atomic E-state index is 14.1. The fourth-order valence-electron chi connectivity index (χ4n) is 5.27. The van der Waals surface area contributed by atoms with Gasteiger partial charge >= 0.3 is 0 Å². The third kappa shape index (κ3) is 5.48. The lowest BCUT2D eigenvalue weighted by molar-refractivity contribution is -0.0592. The molecule has 0 unspecified atom stereocenters. The zero-order valence-corrected chi connectivity index (χ0v) is 21.9. The van der Waals surface area contributed by atoms with Crippen molar-refractivity contribution in [2.75, 3.05) is 25.4 Å². The lowest BCUT2D eigenvalue weighted by atomic mass is 9.93. The van der Waals surface area contributed by atoms with Crippen LogP contribution >= 0.6 is 11.6 Å². The summed E-state index contributed by atoms with van der Waals surface area (Å²) in [5.41, 5.74) is 10.3. The molecule has 0 radical (unpaired) electrons. The first-order valence-corrected chi connectivity index (χ1v) is 13.5. The molecule has 0 bridgehead atoms. The van der Waals surface area contributed by atoms with E-state index in [0.717, 1.165) is 80.3 Å². The Balaban J connectivity index is 1.09. The minimum atomic E-state index is -0.377. The summed E-state index contributed by atoms with van der Waals surface area (Å²) >= 11 is 5.85. The summed E-state index contributed by atoms with van der Waals surface area (Å²) in [6.45, 7) is 4.47. The molecule has 0 amide bonds. The SMILES string of the molecule is Nc1ccc2c(c1)nc(CN1CCC(c3cccc(OCc4ccc(Cl)cc4F)n3)CC1)n2C[C@@H]1CCO1. The van der Waals surface area contributed by atoms with Gasteiger partial charge in [-0.2, -0.15) is 0 Å². The molecule has 2 saturated heterocycles. The number of hydrogen-bond donors (Lipinski definition) is 1. The molecular weight excluding hydrogens is 505 g/mol. The maximum Gasteiger partial charge on any atom is 0.213 e. The number of hydrogen-bond acceptors (Lipinski definition) is 6. The number of piperidine rings is 1. The summed E-state index contributed by atoms with van der Waals surface area (Å²) in [5.74, 6) is 1.54. The molecule has 4 heterocycles. The third-order valence-electron chi connectivity index (χ3n) is 7.54. The highest BCUT2D eigenvalue weighted by molar-refractivity contribution is 6.30. The highest BCUT2D eigenvalue weighted by Gasteiger charge is 2.26. The lowest BCUT2D eigenvalue weighted by Crippen LogP contribution is -2.35. The van der Waals surface area contributed by atoms with Gasteiger partial charge in [-0.3, -0.25) is 4.90 Å². The minimum Gasteiger partial charge on any atom is -0.473 e. The normalized spacial score (nSPS) is 18.5. The van der Waals surface area contributed by atoms with E-state index in [9.17, 15) is 4.39 Å².